The molecule has 4 N–H and O–H groups in total. The maximum atomic E-state index is 12.1. The maximum absolute atomic E-state index is 12.1. The molecule has 0 bridgehead atoms. The van der Waals surface area contributed by atoms with Crippen molar-refractivity contribution in [1.29, 1.82) is 0 Å². The Bertz CT molecular complexity index is 488. The van der Waals surface area contributed by atoms with Crippen molar-refractivity contribution in [2.45, 2.75) is 26.8 Å². The number of carbonyl (C=O) groups is 2. The lowest BCUT2D eigenvalue weighted by atomic mass is 10.3. The van der Waals surface area contributed by atoms with Crippen LogP contribution in [0.1, 0.15) is 30.4 Å². The molecule has 0 saturated carbocycles. The molecule has 1 heterocycles. The van der Waals surface area contributed by atoms with Gasteiger partial charge < -0.3 is 21.3 Å². The number of carbonyl (C=O) groups excluding carboxylic acids is 2. The highest BCUT2D eigenvalue weighted by atomic mass is 32.1. The second kappa shape index (κ2) is 7.09. The van der Waals surface area contributed by atoms with Crippen LogP contribution in [0.2, 0.25) is 0 Å². The van der Waals surface area contributed by atoms with E-state index < -0.39 is 6.04 Å². The number of hydrogen-bond donors (Lipinski definition) is 3. The number of rotatable bonds is 6. The van der Waals surface area contributed by atoms with Gasteiger partial charge in [0.15, 0.2) is 5.13 Å². The summed E-state index contributed by atoms with van der Waals surface area (Å²) in [5.74, 6) is -0.421. The normalized spacial score (nSPS) is 11.8. The van der Waals surface area contributed by atoms with Gasteiger partial charge in [0.05, 0.1) is 0 Å². The topological polar surface area (TPSA) is 100 Å². The molecule has 2 amide bonds. The van der Waals surface area contributed by atoms with Crippen LogP contribution in [0.3, 0.4) is 0 Å². The van der Waals surface area contributed by atoms with Crippen molar-refractivity contribution in [2.75, 3.05) is 30.8 Å². The Morgan fingerprint density at radius 1 is 1.45 bits per heavy atom. The van der Waals surface area contributed by atoms with Gasteiger partial charge in [-0.3, -0.25) is 9.59 Å². The summed E-state index contributed by atoms with van der Waals surface area (Å²) in [6.45, 7) is 6.71. The number of nitrogen functional groups attached to an aromatic ring is 1. The van der Waals surface area contributed by atoms with Gasteiger partial charge >= 0.3 is 0 Å². The van der Waals surface area contributed by atoms with Gasteiger partial charge in [0.2, 0.25) is 5.91 Å². The smallest absolute Gasteiger partial charge is 0.265 e. The zero-order valence-electron chi connectivity index (χ0n) is 12.2. The lowest BCUT2D eigenvalue weighted by molar-refractivity contribution is -0.122. The van der Waals surface area contributed by atoms with Crippen LogP contribution >= 0.6 is 11.3 Å². The zero-order valence-corrected chi connectivity index (χ0v) is 13.0. The van der Waals surface area contributed by atoms with Gasteiger partial charge in [-0.1, -0.05) is 11.3 Å². The fourth-order valence-electron chi connectivity index (χ4n) is 1.44. The number of aromatic nitrogens is 1. The van der Waals surface area contributed by atoms with Crippen LogP contribution in [0.4, 0.5) is 10.9 Å². The van der Waals surface area contributed by atoms with Gasteiger partial charge in [0.25, 0.3) is 5.91 Å². The standard InChI is InChI=1S/C12H21N5O2S/c1-5-14-10(18)7(3)15-11(19)8-9(13)16-12(20-8)17(4)6-2/h7H,5-6,13H2,1-4H3,(H,14,18)(H,15,19). The molecule has 1 aromatic rings. The molecular weight excluding hydrogens is 278 g/mol. The first-order valence-corrected chi connectivity index (χ1v) is 7.28. The summed E-state index contributed by atoms with van der Waals surface area (Å²) >= 11 is 1.21. The van der Waals surface area contributed by atoms with Crippen LogP contribution in [0, 0.1) is 0 Å². The minimum absolute atomic E-state index is 0.186. The van der Waals surface area contributed by atoms with Crippen molar-refractivity contribution in [3.8, 4) is 0 Å². The van der Waals surface area contributed by atoms with Crippen molar-refractivity contribution in [3.63, 3.8) is 0 Å². The number of hydrogen-bond acceptors (Lipinski definition) is 6. The fraction of sp³-hybridized carbons (Fsp3) is 0.583. The SMILES string of the molecule is CCNC(=O)C(C)NC(=O)c1sc(N(C)CC)nc1N. The van der Waals surface area contributed by atoms with Crippen LogP contribution < -0.4 is 21.3 Å². The third kappa shape index (κ3) is 3.83. The number of amides is 2. The Morgan fingerprint density at radius 2 is 2.10 bits per heavy atom. The van der Waals surface area contributed by atoms with Crippen LogP contribution in [-0.2, 0) is 4.79 Å². The summed E-state index contributed by atoms with van der Waals surface area (Å²) in [6, 6.07) is -0.615. The molecule has 0 aliphatic rings. The van der Waals surface area contributed by atoms with E-state index >= 15 is 0 Å². The number of thiazole rings is 1. The van der Waals surface area contributed by atoms with Crippen molar-refractivity contribution in [3.05, 3.63) is 4.88 Å². The van der Waals surface area contributed by atoms with E-state index in [2.05, 4.69) is 15.6 Å². The Morgan fingerprint density at radius 3 is 2.65 bits per heavy atom. The first-order chi connectivity index (χ1) is 9.40. The lowest BCUT2D eigenvalue weighted by Gasteiger charge is -2.12. The van der Waals surface area contributed by atoms with Gasteiger partial charge in [-0.05, 0) is 20.8 Å². The number of nitrogens with two attached hydrogens (primary N) is 1. The third-order valence-corrected chi connectivity index (χ3v) is 3.93. The van der Waals surface area contributed by atoms with Crippen molar-refractivity contribution in [1.82, 2.24) is 15.6 Å². The number of anilines is 2. The van der Waals surface area contributed by atoms with E-state index in [0.717, 1.165) is 6.54 Å². The van der Waals surface area contributed by atoms with Gasteiger partial charge in [-0.2, -0.15) is 0 Å². The fourth-order valence-corrected chi connectivity index (χ4v) is 2.35. The molecular formula is C12H21N5O2S. The monoisotopic (exact) mass is 299 g/mol. The van der Waals surface area contributed by atoms with E-state index in [1.54, 1.807) is 6.92 Å². The van der Waals surface area contributed by atoms with Crippen molar-refractivity contribution >= 4 is 34.1 Å². The predicted octanol–water partition coefficient (Wildman–Crippen LogP) is 0.436. The molecule has 20 heavy (non-hydrogen) atoms. The summed E-state index contributed by atoms with van der Waals surface area (Å²) in [4.78, 5) is 30.0. The van der Waals surface area contributed by atoms with E-state index in [0.29, 0.717) is 16.6 Å². The quantitative estimate of drug-likeness (QED) is 0.707. The molecule has 1 atom stereocenters. The van der Waals surface area contributed by atoms with Gasteiger partial charge in [-0.25, -0.2) is 4.98 Å². The Labute approximate surface area is 122 Å². The first kappa shape index (κ1) is 16.2. The van der Waals surface area contributed by atoms with Gasteiger partial charge in [-0.15, -0.1) is 0 Å². The maximum Gasteiger partial charge on any atom is 0.265 e. The Hall–Kier alpha value is -1.83. The molecule has 0 aliphatic heterocycles. The number of likely N-dealkylation sites (N-methyl/N-ethyl adjacent to an activating group) is 1. The van der Waals surface area contributed by atoms with Crippen molar-refractivity contribution < 1.29 is 9.59 Å². The molecule has 112 valence electrons. The van der Waals surface area contributed by atoms with Crippen LogP contribution in [0.5, 0.6) is 0 Å². The van der Waals surface area contributed by atoms with E-state index in [1.165, 1.54) is 11.3 Å². The predicted molar refractivity (Wildman–Crippen MR) is 81.1 cm³/mol. The molecule has 1 rings (SSSR count). The average Bonchev–Trinajstić information content (AvgIpc) is 2.80. The van der Waals surface area contributed by atoms with E-state index in [1.807, 2.05) is 25.8 Å². The lowest BCUT2D eigenvalue weighted by Crippen LogP contribution is -2.44. The van der Waals surface area contributed by atoms with Gasteiger partial charge in [0, 0.05) is 20.1 Å². The second-order valence-electron chi connectivity index (χ2n) is 4.31. The molecule has 7 nitrogen and oxygen atoms in total. The van der Waals surface area contributed by atoms with Crippen LogP contribution in [-0.4, -0.2) is 43.0 Å². The van der Waals surface area contributed by atoms with Crippen LogP contribution in [0.15, 0.2) is 0 Å². The van der Waals surface area contributed by atoms with Crippen molar-refractivity contribution in [2.24, 2.45) is 0 Å². The molecule has 0 fully saturated rings. The largest absolute Gasteiger partial charge is 0.382 e. The molecule has 0 saturated heterocycles. The highest BCUT2D eigenvalue weighted by Crippen LogP contribution is 2.27. The first-order valence-electron chi connectivity index (χ1n) is 6.46. The highest BCUT2D eigenvalue weighted by Gasteiger charge is 2.21. The molecule has 0 aliphatic carbocycles. The summed E-state index contributed by atoms with van der Waals surface area (Å²) < 4.78 is 0. The molecule has 1 aromatic heterocycles. The molecule has 1 unspecified atom stereocenters. The molecule has 0 aromatic carbocycles. The average molecular weight is 299 g/mol. The molecule has 8 heteroatoms. The summed E-state index contributed by atoms with van der Waals surface area (Å²) in [7, 11) is 1.87. The Balaban J connectivity index is 2.77. The highest BCUT2D eigenvalue weighted by molar-refractivity contribution is 7.18. The van der Waals surface area contributed by atoms with E-state index in [4.69, 9.17) is 5.73 Å². The number of nitrogens with one attached hydrogen (secondary N) is 2. The minimum atomic E-state index is -0.615. The molecule has 0 radical (unpaired) electrons. The number of nitrogens with zero attached hydrogens (tertiary/aromatic N) is 2. The second-order valence-corrected chi connectivity index (χ2v) is 5.29. The summed E-state index contributed by atoms with van der Waals surface area (Å²) in [6.07, 6.45) is 0. The van der Waals surface area contributed by atoms with Crippen LogP contribution in [0.25, 0.3) is 0 Å². The Kier molecular flexibility index (Phi) is 5.75. The minimum Gasteiger partial charge on any atom is -0.382 e. The summed E-state index contributed by atoms with van der Waals surface area (Å²) in [5, 5.41) is 5.94. The van der Waals surface area contributed by atoms with E-state index in [-0.39, 0.29) is 17.6 Å². The van der Waals surface area contributed by atoms with Gasteiger partial charge in [0.1, 0.15) is 16.7 Å². The zero-order chi connectivity index (χ0) is 15.3. The third-order valence-electron chi connectivity index (χ3n) is 2.74. The molecule has 0 spiro atoms. The summed E-state index contributed by atoms with van der Waals surface area (Å²) in [5.41, 5.74) is 5.76. The van der Waals surface area contributed by atoms with E-state index in [9.17, 15) is 9.59 Å².